The van der Waals surface area contributed by atoms with E-state index in [4.69, 9.17) is 16.6 Å². The zero-order valence-electron chi connectivity index (χ0n) is 21.2. The van der Waals surface area contributed by atoms with Crippen molar-refractivity contribution >= 4 is 35.6 Å². The lowest BCUT2D eigenvalue weighted by Crippen LogP contribution is -2.57. The van der Waals surface area contributed by atoms with Gasteiger partial charge in [-0.15, -0.1) is 0 Å². The molecule has 0 heterocycles. The van der Waals surface area contributed by atoms with Crippen LogP contribution in [0.2, 0.25) is 0 Å². The number of phenols is 1. The molecule has 4 atom stereocenters. The molecule has 10 N–H and O–H groups in total. The maximum Gasteiger partial charge on any atom is 0.326 e. The summed E-state index contributed by atoms with van der Waals surface area (Å²) in [6.07, 6.45) is -1.37. The summed E-state index contributed by atoms with van der Waals surface area (Å²) in [4.78, 5) is 72.4. The summed E-state index contributed by atoms with van der Waals surface area (Å²) in [5.41, 5.74) is 11.8. The average Bonchev–Trinajstić information content (AvgIpc) is 2.82. The van der Waals surface area contributed by atoms with Gasteiger partial charge in [-0.2, -0.15) is 0 Å². The minimum Gasteiger partial charge on any atom is -0.508 e. The Morgan fingerprint density at radius 1 is 0.816 bits per heavy atom. The fraction of sp³-hybridized carbons (Fsp3) is 0.500. The first-order valence-corrected chi connectivity index (χ1v) is 11.9. The number of carbonyl (C=O) groups is 6. The van der Waals surface area contributed by atoms with Crippen LogP contribution in [0.15, 0.2) is 24.3 Å². The van der Waals surface area contributed by atoms with Gasteiger partial charge in [0.15, 0.2) is 0 Å². The van der Waals surface area contributed by atoms with Crippen LogP contribution in [0.4, 0.5) is 0 Å². The standard InChI is InChI=1S/C24H35N5O9/c1-12(2)20(24(37)38)29-23(36)17(8-10-19(32)33)28-22(35)16(7-9-18(26)31)27-21(34)15(25)11-13-3-5-14(30)6-4-13/h3-6,12,15-17,20,30H,7-11,25H2,1-2H3,(H2,26,31)(H,27,34)(H,28,35)(H,29,36)(H,32,33)(H,37,38). The number of benzene rings is 1. The van der Waals surface area contributed by atoms with Crippen molar-refractivity contribution < 1.29 is 44.1 Å². The Morgan fingerprint density at radius 2 is 1.32 bits per heavy atom. The van der Waals surface area contributed by atoms with Gasteiger partial charge in [-0.05, 0) is 42.9 Å². The smallest absolute Gasteiger partial charge is 0.326 e. The van der Waals surface area contributed by atoms with E-state index in [1.165, 1.54) is 12.1 Å². The summed E-state index contributed by atoms with van der Waals surface area (Å²) in [5, 5.41) is 34.8. The van der Waals surface area contributed by atoms with Gasteiger partial charge in [0, 0.05) is 12.8 Å². The quantitative estimate of drug-likeness (QED) is 0.122. The number of carboxylic acids is 2. The van der Waals surface area contributed by atoms with E-state index in [0.29, 0.717) is 5.56 Å². The number of phenolic OH excluding ortho intramolecular Hbond substituents is 1. The number of carbonyl (C=O) groups excluding carboxylic acids is 4. The molecule has 0 saturated carbocycles. The van der Waals surface area contributed by atoms with Crippen molar-refractivity contribution in [2.24, 2.45) is 17.4 Å². The molecule has 1 rings (SSSR count). The van der Waals surface area contributed by atoms with Crippen molar-refractivity contribution in [3.63, 3.8) is 0 Å². The molecule has 0 radical (unpaired) electrons. The van der Waals surface area contributed by atoms with E-state index in [0.717, 1.165) is 0 Å². The molecule has 0 aliphatic heterocycles. The van der Waals surface area contributed by atoms with Gasteiger partial charge in [0.05, 0.1) is 6.04 Å². The van der Waals surface area contributed by atoms with Gasteiger partial charge >= 0.3 is 11.9 Å². The highest BCUT2D eigenvalue weighted by atomic mass is 16.4. The number of nitrogens with one attached hydrogen (secondary N) is 3. The van der Waals surface area contributed by atoms with Gasteiger partial charge in [-0.1, -0.05) is 26.0 Å². The van der Waals surface area contributed by atoms with Crippen LogP contribution in [0, 0.1) is 5.92 Å². The summed E-state index contributed by atoms with van der Waals surface area (Å²) in [7, 11) is 0. The first-order valence-electron chi connectivity index (χ1n) is 11.9. The number of amides is 4. The molecule has 0 saturated heterocycles. The van der Waals surface area contributed by atoms with Gasteiger partial charge in [0.25, 0.3) is 0 Å². The molecular formula is C24H35N5O9. The molecule has 4 amide bonds. The van der Waals surface area contributed by atoms with Crippen molar-refractivity contribution in [2.45, 2.75) is 70.1 Å². The zero-order valence-corrected chi connectivity index (χ0v) is 21.2. The van der Waals surface area contributed by atoms with Gasteiger partial charge < -0.3 is 42.7 Å². The predicted octanol–water partition coefficient (Wildman–Crippen LogP) is -1.41. The molecule has 1 aromatic carbocycles. The Kier molecular flexibility index (Phi) is 12.7. The first-order chi connectivity index (χ1) is 17.7. The van der Waals surface area contributed by atoms with E-state index in [1.54, 1.807) is 26.0 Å². The number of hydrogen-bond donors (Lipinski definition) is 8. The average molecular weight is 538 g/mol. The third-order valence-electron chi connectivity index (χ3n) is 5.55. The lowest BCUT2D eigenvalue weighted by atomic mass is 10.0. The van der Waals surface area contributed by atoms with Crippen LogP contribution in [0.3, 0.4) is 0 Å². The highest BCUT2D eigenvalue weighted by Crippen LogP contribution is 2.11. The maximum absolute atomic E-state index is 13.0. The van der Waals surface area contributed by atoms with Crippen LogP contribution >= 0.6 is 0 Å². The fourth-order valence-electron chi connectivity index (χ4n) is 3.39. The molecule has 38 heavy (non-hydrogen) atoms. The minimum absolute atomic E-state index is 0.0273. The lowest BCUT2D eigenvalue weighted by Gasteiger charge is -2.25. The highest BCUT2D eigenvalue weighted by molar-refractivity contribution is 5.94. The van der Waals surface area contributed by atoms with Crippen molar-refractivity contribution in [1.29, 1.82) is 0 Å². The molecule has 14 nitrogen and oxygen atoms in total. The van der Waals surface area contributed by atoms with Crippen LogP contribution < -0.4 is 27.4 Å². The third-order valence-corrected chi connectivity index (χ3v) is 5.55. The SMILES string of the molecule is CC(C)C(NC(=O)C(CCC(=O)O)NC(=O)C(CCC(N)=O)NC(=O)C(N)Cc1ccc(O)cc1)C(=O)O. The van der Waals surface area contributed by atoms with Crippen LogP contribution in [-0.2, 0) is 35.2 Å². The molecule has 14 heteroatoms. The molecular weight excluding hydrogens is 502 g/mol. The molecule has 0 spiro atoms. The third kappa shape index (κ3) is 11.2. The van der Waals surface area contributed by atoms with Gasteiger partial charge in [-0.3, -0.25) is 24.0 Å². The summed E-state index contributed by atoms with van der Waals surface area (Å²) in [6, 6.07) is 0.741. The van der Waals surface area contributed by atoms with E-state index in [2.05, 4.69) is 16.0 Å². The van der Waals surface area contributed by atoms with Crippen molar-refractivity contribution in [1.82, 2.24) is 16.0 Å². The Bertz CT molecular complexity index is 1010. The van der Waals surface area contributed by atoms with E-state index in [9.17, 15) is 39.0 Å². The number of rotatable bonds is 16. The van der Waals surface area contributed by atoms with Crippen LogP contribution in [0.25, 0.3) is 0 Å². The van der Waals surface area contributed by atoms with Crippen molar-refractivity contribution in [3.8, 4) is 5.75 Å². The van der Waals surface area contributed by atoms with Crippen LogP contribution in [-0.4, -0.2) is 75.1 Å². The van der Waals surface area contributed by atoms with E-state index < -0.39 is 72.1 Å². The second-order valence-electron chi connectivity index (χ2n) is 9.11. The molecule has 0 aliphatic carbocycles. The highest BCUT2D eigenvalue weighted by Gasteiger charge is 2.31. The number of carboxylic acid groups (broad SMARTS) is 2. The van der Waals surface area contributed by atoms with Crippen molar-refractivity contribution in [2.75, 3.05) is 0 Å². The Morgan fingerprint density at radius 3 is 1.79 bits per heavy atom. The predicted molar refractivity (Wildman–Crippen MR) is 133 cm³/mol. The largest absolute Gasteiger partial charge is 0.508 e. The Labute approximate surface area is 219 Å². The molecule has 0 aromatic heterocycles. The maximum atomic E-state index is 13.0. The van der Waals surface area contributed by atoms with Gasteiger partial charge in [-0.25, -0.2) is 4.79 Å². The summed E-state index contributed by atoms with van der Waals surface area (Å²) in [5.74, 6) is -6.40. The van der Waals surface area contributed by atoms with Gasteiger partial charge in [0.2, 0.25) is 23.6 Å². The molecule has 0 bridgehead atoms. The fourth-order valence-corrected chi connectivity index (χ4v) is 3.39. The second-order valence-corrected chi connectivity index (χ2v) is 9.11. The molecule has 0 aliphatic rings. The lowest BCUT2D eigenvalue weighted by molar-refractivity contribution is -0.144. The molecule has 1 aromatic rings. The minimum atomic E-state index is -1.45. The van der Waals surface area contributed by atoms with E-state index in [1.807, 2.05) is 0 Å². The Hall–Kier alpha value is -4.20. The van der Waals surface area contributed by atoms with Gasteiger partial charge in [0.1, 0.15) is 23.9 Å². The number of nitrogens with two attached hydrogens (primary N) is 2. The molecule has 4 unspecified atom stereocenters. The Balaban J connectivity index is 3.03. The van der Waals surface area contributed by atoms with E-state index >= 15 is 0 Å². The summed E-state index contributed by atoms with van der Waals surface area (Å²) < 4.78 is 0. The number of primary amides is 1. The van der Waals surface area contributed by atoms with Crippen LogP contribution in [0.1, 0.15) is 45.1 Å². The van der Waals surface area contributed by atoms with E-state index in [-0.39, 0.29) is 31.4 Å². The summed E-state index contributed by atoms with van der Waals surface area (Å²) >= 11 is 0. The summed E-state index contributed by atoms with van der Waals surface area (Å²) in [6.45, 7) is 3.11. The number of aromatic hydroxyl groups is 1. The molecule has 0 fully saturated rings. The molecule has 210 valence electrons. The first kappa shape index (κ1) is 31.8. The van der Waals surface area contributed by atoms with Crippen LogP contribution in [0.5, 0.6) is 5.75 Å². The number of hydrogen-bond acceptors (Lipinski definition) is 8. The monoisotopic (exact) mass is 537 g/mol. The number of aliphatic carboxylic acids is 2. The zero-order chi connectivity index (χ0) is 29.0. The normalized spacial score (nSPS) is 14.0. The topological polar surface area (TPSA) is 251 Å². The second kappa shape index (κ2) is 15.1. The van der Waals surface area contributed by atoms with Crippen molar-refractivity contribution in [3.05, 3.63) is 29.8 Å².